The van der Waals surface area contributed by atoms with Crippen LogP contribution in [0.25, 0.3) is 0 Å². The first kappa shape index (κ1) is 13.6. The lowest BCUT2D eigenvalue weighted by atomic mass is 10.2. The number of H-pyrrole nitrogens is 1. The summed E-state index contributed by atoms with van der Waals surface area (Å²) < 4.78 is 26.6. The van der Waals surface area contributed by atoms with E-state index in [-0.39, 0.29) is 16.1 Å². The Hall–Kier alpha value is -1.87. The van der Waals surface area contributed by atoms with Crippen LogP contribution in [0.15, 0.2) is 40.0 Å². The Balaban J connectivity index is 2.48. The quantitative estimate of drug-likeness (QED) is 0.780. The van der Waals surface area contributed by atoms with E-state index in [9.17, 15) is 13.2 Å². The highest BCUT2D eigenvalue weighted by Crippen LogP contribution is 2.28. The Kier molecular flexibility index (Phi) is 3.58. The van der Waals surface area contributed by atoms with Crippen molar-refractivity contribution >= 4 is 37.6 Å². The normalized spacial score (nSPS) is 11.2. The maximum absolute atomic E-state index is 12.0. The van der Waals surface area contributed by atoms with Crippen molar-refractivity contribution in [3.8, 4) is 0 Å². The number of carboxylic acids is 1. The van der Waals surface area contributed by atoms with Crippen LogP contribution < -0.4 is 4.72 Å². The lowest BCUT2D eigenvalue weighted by molar-refractivity contribution is 0.0698. The summed E-state index contributed by atoms with van der Waals surface area (Å²) in [5, 5.41) is 15.0. The molecule has 0 fully saturated rings. The number of carboxylic acid groups (broad SMARTS) is 1. The summed E-state index contributed by atoms with van der Waals surface area (Å²) in [6, 6.07) is 4.35. The van der Waals surface area contributed by atoms with E-state index in [0.29, 0.717) is 4.47 Å². The van der Waals surface area contributed by atoms with Crippen LogP contribution >= 0.6 is 15.9 Å². The summed E-state index contributed by atoms with van der Waals surface area (Å²) >= 11 is 3.12. The van der Waals surface area contributed by atoms with Gasteiger partial charge in [-0.15, -0.1) is 0 Å². The minimum atomic E-state index is -3.89. The molecule has 1 aromatic carbocycles. The summed E-state index contributed by atoms with van der Waals surface area (Å²) in [4.78, 5) is 11.0. The van der Waals surface area contributed by atoms with Crippen LogP contribution in [-0.2, 0) is 10.0 Å². The number of sulfonamides is 1. The van der Waals surface area contributed by atoms with E-state index in [0.717, 1.165) is 6.20 Å². The molecule has 0 saturated carbocycles. The SMILES string of the molecule is O=C(O)c1cccc(Br)c1NS(=O)(=O)c1cn[nH]c1. The predicted molar refractivity (Wildman–Crippen MR) is 70.5 cm³/mol. The monoisotopic (exact) mass is 345 g/mol. The van der Waals surface area contributed by atoms with Gasteiger partial charge in [-0.25, -0.2) is 13.2 Å². The molecule has 0 amide bonds. The zero-order chi connectivity index (χ0) is 14.0. The van der Waals surface area contributed by atoms with Gasteiger partial charge in [0.1, 0.15) is 4.90 Å². The molecule has 1 aromatic heterocycles. The lowest BCUT2D eigenvalue weighted by Crippen LogP contribution is -2.15. The van der Waals surface area contributed by atoms with Crippen LogP contribution in [-0.4, -0.2) is 29.7 Å². The summed E-state index contributed by atoms with van der Waals surface area (Å²) in [6.45, 7) is 0. The summed E-state index contributed by atoms with van der Waals surface area (Å²) in [5.41, 5.74) is -0.183. The third kappa shape index (κ3) is 2.76. The fraction of sp³-hybridized carbons (Fsp3) is 0. The molecule has 0 radical (unpaired) electrons. The van der Waals surface area contributed by atoms with Crippen molar-refractivity contribution in [1.82, 2.24) is 10.2 Å². The Morgan fingerprint density at radius 2 is 2.16 bits per heavy atom. The van der Waals surface area contributed by atoms with Gasteiger partial charge in [0.25, 0.3) is 10.0 Å². The van der Waals surface area contributed by atoms with Gasteiger partial charge >= 0.3 is 5.97 Å². The number of halogens is 1. The Labute approximate surface area is 116 Å². The topological polar surface area (TPSA) is 112 Å². The van der Waals surface area contributed by atoms with E-state index in [1.165, 1.54) is 18.3 Å². The third-order valence-electron chi connectivity index (χ3n) is 2.26. The van der Waals surface area contributed by atoms with Crippen LogP contribution in [0.3, 0.4) is 0 Å². The Morgan fingerprint density at radius 3 is 2.74 bits per heavy atom. The fourth-order valence-electron chi connectivity index (χ4n) is 1.39. The van der Waals surface area contributed by atoms with E-state index in [4.69, 9.17) is 5.11 Å². The molecule has 2 aromatic rings. The Morgan fingerprint density at radius 1 is 1.42 bits per heavy atom. The first-order chi connectivity index (χ1) is 8.92. The number of carbonyl (C=O) groups is 1. The Bertz CT molecular complexity index is 712. The number of hydrogen-bond acceptors (Lipinski definition) is 4. The summed E-state index contributed by atoms with van der Waals surface area (Å²) in [7, 11) is -3.89. The standard InChI is InChI=1S/C10H8BrN3O4S/c11-8-3-1-2-7(10(15)16)9(8)14-19(17,18)6-4-12-13-5-6/h1-5,14H,(H,12,13)(H,15,16). The van der Waals surface area contributed by atoms with Gasteiger partial charge in [-0.3, -0.25) is 9.82 Å². The molecule has 0 spiro atoms. The first-order valence-corrected chi connectivity index (χ1v) is 7.23. The highest BCUT2D eigenvalue weighted by molar-refractivity contribution is 9.10. The van der Waals surface area contributed by atoms with Crippen molar-refractivity contribution in [2.45, 2.75) is 4.90 Å². The molecule has 3 N–H and O–H groups in total. The molecule has 0 aliphatic heterocycles. The number of nitrogens with zero attached hydrogens (tertiary/aromatic N) is 1. The van der Waals surface area contributed by atoms with Crippen molar-refractivity contribution in [3.05, 3.63) is 40.6 Å². The van der Waals surface area contributed by atoms with Gasteiger partial charge < -0.3 is 5.11 Å². The number of aromatic nitrogens is 2. The van der Waals surface area contributed by atoms with Gasteiger partial charge in [-0.05, 0) is 28.1 Å². The van der Waals surface area contributed by atoms with E-state index >= 15 is 0 Å². The summed E-state index contributed by atoms with van der Waals surface area (Å²) in [6.07, 6.45) is 2.32. The number of para-hydroxylation sites is 1. The molecule has 7 nitrogen and oxygen atoms in total. The second-order valence-electron chi connectivity index (χ2n) is 3.51. The molecule has 0 bridgehead atoms. The van der Waals surface area contributed by atoms with Gasteiger partial charge in [0.05, 0.1) is 17.4 Å². The average molecular weight is 346 g/mol. The van der Waals surface area contributed by atoms with Crippen molar-refractivity contribution in [2.75, 3.05) is 4.72 Å². The third-order valence-corrected chi connectivity index (χ3v) is 4.24. The van der Waals surface area contributed by atoms with Crippen molar-refractivity contribution < 1.29 is 18.3 Å². The zero-order valence-electron chi connectivity index (χ0n) is 9.29. The molecule has 0 atom stereocenters. The highest BCUT2D eigenvalue weighted by atomic mass is 79.9. The predicted octanol–water partition coefficient (Wildman–Crippen LogP) is 1.67. The van der Waals surface area contributed by atoms with Gasteiger partial charge in [0, 0.05) is 10.7 Å². The van der Waals surface area contributed by atoms with E-state index < -0.39 is 16.0 Å². The van der Waals surface area contributed by atoms with Gasteiger partial charge in [0.15, 0.2) is 0 Å². The number of rotatable bonds is 4. The van der Waals surface area contributed by atoms with Crippen molar-refractivity contribution in [1.29, 1.82) is 0 Å². The molecular weight excluding hydrogens is 338 g/mol. The molecule has 0 saturated heterocycles. The molecule has 0 unspecified atom stereocenters. The highest BCUT2D eigenvalue weighted by Gasteiger charge is 2.21. The number of hydrogen-bond donors (Lipinski definition) is 3. The average Bonchev–Trinajstić information content (AvgIpc) is 2.85. The van der Waals surface area contributed by atoms with Crippen LogP contribution in [0.4, 0.5) is 5.69 Å². The van der Waals surface area contributed by atoms with E-state index in [2.05, 4.69) is 30.8 Å². The van der Waals surface area contributed by atoms with Crippen LogP contribution in [0.1, 0.15) is 10.4 Å². The number of anilines is 1. The number of benzene rings is 1. The van der Waals surface area contributed by atoms with Crippen LogP contribution in [0.5, 0.6) is 0 Å². The second-order valence-corrected chi connectivity index (χ2v) is 6.04. The maximum Gasteiger partial charge on any atom is 0.337 e. The first-order valence-electron chi connectivity index (χ1n) is 4.95. The van der Waals surface area contributed by atoms with Crippen molar-refractivity contribution in [2.24, 2.45) is 0 Å². The van der Waals surface area contributed by atoms with Gasteiger partial charge in [-0.1, -0.05) is 6.07 Å². The molecule has 19 heavy (non-hydrogen) atoms. The lowest BCUT2D eigenvalue weighted by Gasteiger charge is -2.11. The molecule has 9 heteroatoms. The van der Waals surface area contributed by atoms with Gasteiger partial charge in [-0.2, -0.15) is 5.10 Å². The minimum Gasteiger partial charge on any atom is -0.478 e. The number of aromatic amines is 1. The smallest absolute Gasteiger partial charge is 0.337 e. The van der Waals surface area contributed by atoms with Crippen molar-refractivity contribution in [3.63, 3.8) is 0 Å². The number of aromatic carboxylic acids is 1. The molecule has 0 aliphatic rings. The minimum absolute atomic E-state index is 0.0313. The molecule has 2 rings (SSSR count). The molecule has 100 valence electrons. The largest absolute Gasteiger partial charge is 0.478 e. The molecular formula is C10H8BrN3O4S. The van der Waals surface area contributed by atoms with Gasteiger partial charge in [0.2, 0.25) is 0 Å². The summed E-state index contributed by atoms with van der Waals surface area (Å²) in [5.74, 6) is -1.23. The van der Waals surface area contributed by atoms with E-state index in [1.54, 1.807) is 6.07 Å². The molecule has 1 heterocycles. The fourth-order valence-corrected chi connectivity index (χ4v) is 2.99. The second kappa shape index (κ2) is 5.02. The van der Waals surface area contributed by atoms with Crippen LogP contribution in [0.2, 0.25) is 0 Å². The zero-order valence-corrected chi connectivity index (χ0v) is 11.7. The van der Waals surface area contributed by atoms with Crippen LogP contribution in [0, 0.1) is 0 Å². The maximum atomic E-state index is 12.0. The molecule has 0 aliphatic carbocycles. The van der Waals surface area contributed by atoms with E-state index in [1.807, 2.05) is 0 Å². The number of nitrogens with one attached hydrogen (secondary N) is 2.